The Kier molecular flexibility index (Phi) is 6.69. The lowest BCUT2D eigenvalue weighted by atomic mass is 9.81. The largest absolute Gasteiger partial charge is 0.338 e. The van der Waals surface area contributed by atoms with Gasteiger partial charge in [-0.3, -0.25) is 0 Å². The fourth-order valence-corrected chi connectivity index (χ4v) is 3.40. The van der Waals surface area contributed by atoms with Gasteiger partial charge < -0.3 is 14.8 Å². The highest BCUT2D eigenvalue weighted by Crippen LogP contribution is 2.28. The summed E-state index contributed by atoms with van der Waals surface area (Å²) >= 11 is 0. The third-order valence-electron chi connectivity index (χ3n) is 4.79. The van der Waals surface area contributed by atoms with Crippen molar-refractivity contribution in [2.45, 2.75) is 58.0 Å². The molecule has 4 heteroatoms. The molecule has 0 aliphatic heterocycles. The molecule has 0 aliphatic rings. The van der Waals surface area contributed by atoms with Crippen molar-refractivity contribution in [3.8, 4) is 0 Å². The van der Waals surface area contributed by atoms with Gasteiger partial charge in [0.2, 0.25) is 0 Å². The Morgan fingerprint density at radius 3 is 2.35 bits per heavy atom. The van der Waals surface area contributed by atoms with Crippen molar-refractivity contribution in [2.75, 3.05) is 20.6 Å². The molecule has 0 saturated carbocycles. The van der Waals surface area contributed by atoms with E-state index in [1.807, 2.05) is 12.4 Å². The van der Waals surface area contributed by atoms with E-state index in [1.54, 1.807) is 0 Å². The van der Waals surface area contributed by atoms with Crippen LogP contribution in [0, 0.1) is 0 Å². The smallest absolute Gasteiger partial charge is 0.108 e. The summed E-state index contributed by atoms with van der Waals surface area (Å²) in [5.41, 5.74) is 0.223. The van der Waals surface area contributed by atoms with E-state index < -0.39 is 0 Å². The minimum atomic E-state index is 0.223. The summed E-state index contributed by atoms with van der Waals surface area (Å²) in [7, 11) is 6.49. The summed E-state index contributed by atoms with van der Waals surface area (Å²) in [6.45, 7) is 7.81. The summed E-state index contributed by atoms with van der Waals surface area (Å²) in [6, 6.07) is 0.495. The van der Waals surface area contributed by atoms with E-state index >= 15 is 0 Å². The van der Waals surface area contributed by atoms with Gasteiger partial charge in [0, 0.05) is 37.4 Å². The minimum Gasteiger partial charge on any atom is -0.338 e. The van der Waals surface area contributed by atoms with Crippen LogP contribution in [0.1, 0.15) is 45.9 Å². The number of aromatic nitrogens is 2. The van der Waals surface area contributed by atoms with Gasteiger partial charge >= 0.3 is 0 Å². The summed E-state index contributed by atoms with van der Waals surface area (Å²) in [5.74, 6) is 1.17. The van der Waals surface area contributed by atoms with E-state index in [9.17, 15) is 0 Å². The van der Waals surface area contributed by atoms with Crippen molar-refractivity contribution in [1.29, 1.82) is 0 Å². The molecule has 0 amide bonds. The fourth-order valence-electron chi connectivity index (χ4n) is 3.40. The summed E-state index contributed by atoms with van der Waals surface area (Å²) < 4.78 is 2.12. The summed E-state index contributed by atoms with van der Waals surface area (Å²) in [5, 5.41) is 3.71. The van der Waals surface area contributed by atoms with Gasteiger partial charge in [-0.05, 0) is 39.9 Å². The molecule has 0 aliphatic carbocycles. The van der Waals surface area contributed by atoms with Crippen LogP contribution in [0.15, 0.2) is 12.4 Å². The first kappa shape index (κ1) is 17.2. The van der Waals surface area contributed by atoms with Crippen LogP contribution in [0.2, 0.25) is 0 Å². The first-order valence-corrected chi connectivity index (χ1v) is 7.88. The SMILES string of the molecule is CCNC(CCc1nccn1C)C(CC)(CC)N(C)C. The molecular weight excluding hydrogens is 248 g/mol. The predicted octanol–water partition coefficient (Wildman–Crippen LogP) is 2.45. The van der Waals surface area contributed by atoms with Gasteiger partial charge in [-0.1, -0.05) is 20.8 Å². The zero-order valence-electron chi connectivity index (χ0n) is 14.1. The molecule has 1 unspecified atom stereocenters. The molecule has 1 atom stereocenters. The second-order valence-electron chi connectivity index (χ2n) is 5.81. The van der Waals surface area contributed by atoms with Gasteiger partial charge in [-0.25, -0.2) is 4.98 Å². The zero-order chi connectivity index (χ0) is 15.2. The number of hydrogen-bond acceptors (Lipinski definition) is 3. The Labute approximate surface area is 124 Å². The molecule has 0 saturated heterocycles. The molecule has 1 heterocycles. The summed E-state index contributed by atoms with van der Waals surface area (Å²) in [6.07, 6.45) is 8.38. The highest BCUT2D eigenvalue weighted by molar-refractivity contribution is 5.00. The fraction of sp³-hybridized carbons (Fsp3) is 0.812. The highest BCUT2D eigenvalue weighted by atomic mass is 15.2. The second kappa shape index (κ2) is 7.79. The minimum absolute atomic E-state index is 0.223. The molecule has 0 spiro atoms. The van der Waals surface area contributed by atoms with E-state index in [4.69, 9.17) is 0 Å². The van der Waals surface area contributed by atoms with Crippen molar-refractivity contribution in [1.82, 2.24) is 19.8 Å². The van der Waals surface area contributed by atoms with E-state index in [0.717, 1.165) is 32.2 Å². The molecule has 1 aromatic heterocycles. The first-order chi connectivity index (χ1) is 9.51. The molecule has 0 fully saturated rings. The van der Waals surface area contributed by atoms with Crippen LogP contribution in [-0.2, 0) is 13.5 Å². The Morgan fingerprint density at radius 2 is 1.95 bits per heavy atom. The standard InChI is InChI=1S/C16H32N4/c1-7-16(8-2,19(4)5)14(17-9-3)10-11-15-18-12-13-20(15)6/h12-14,17H,7-11H2,1-6H3. The normalized spacial score (nSPS) is 13.9. The lowest BCUT2D eigenvalue weighted by Crippen LogP contribution is -2.58. The second-order valence-corrected chi connectivity index (χ2v) is 5.81. The predicted molar refractivity (Wildman–Crippen MR) is 86.0 cm³/mol. The lowest BCUT2D eigenvalue weighted by molar-refractivity contribution is 0.0847. The van der Waals surface area contributed by atoms with Gasteiger partial charge in [-0.2, -0.15) is 0 Å². The third kappa shape index (κ3) is 3.61. The number of imidazole rings is 1. The molecular formula is C16H32N4. The van der Waals surface area contributed by atoms with Gasteiger partial charge in [0.15, 0.2) is 0 Å². The molecule has 20 heavy (non-hydrogen) atoms. The maximum absolute atomic E-state index is 4.45. The molecule has 0 bridgehead atoms. The van der Waals surface area contributed by atoms with Crippen molar-refractivity contribution >= 4 is 0 Å². The Hall–Kier alpha value is -0.870. The van der Waals surface area contributed by atoms with Crippen molar-refractivity contribution in [2.24, 2.45) is 7.05 Å². The molecule has 0 aromatic carbocycles. The number of hydrogen-bond donors (Lipinski definition) is 1. The quantitative estimate of drug-likeness (QED) is 0.754. The Morgan fingerprint density at radius 1 is 1.30 bits per heavy atom. The average Bonchev–Trinajstić information content (AvgIpc) is 2.83. The molecule has 1 aromatic rings. The van der Waals surface area contributed by atoms with Crippen LogP contribution in [0.3, 0.4) is 0 Å². The van der Waals surface area contributed by atoms with E-state index in [0.29, 0.717) is 6.04 Å². The average molecular weight is 280 g/mol. The highest BCUT2D eigenvalue weighted by Gasteiger charge is 2.37. The molecule has 1 N–H and O–H groups in total. The number of rotatable bonds is 9. The van der Waals surface area contributed by atoms with E-state index in [-0.39, 0.29) is 5.54 Å². The number of nitrogens with one attached hydrogen (secondary N) is 1. The molecule has 4 nitrogen and oxygen atoms in total. The number of aryl methyl sites for hydroxylation is 2. The van der Waals surface area contributed by atoms with Crippen molar-refractivity contribution in [3.05, 3.63) is 18.2 Å². The maximum atomic E-state index is 4.45. The zero-order valence-corrected chi connectivity index (χ0v) is 14.1. The first-order valence-electron chi connectivity index (χ1n) is 7.88. The van der Waals surface area contributed by atoms with E-state index in [1.165, 1.54) is 5.82 Å². The Bertz CT molecular complexity index is 380. The van der Waals surface area contributed by atoms with Gasteiger partial charge in [0.05, 0.1) is 0 Å². The van der Waals surface area contributed by atoms with Crippen molar-refractivity contribution < 1.29 is 0 Å². The van der Waals surface area contributed by atoms with Crippen LogP contribution in [0.5, 0.6) is 0 Å². The van der Waals surface area contributed by atoms with E-state index in [2.05, 4.69) is 61.7 Å². The van der Waals surface area contributed by atoms with Gasteiger partial charge in [0.25, 0.3) is 0 Å². The molecule has 0 radical (unpaired) electrons. The van der Waals surface area contributed by atoms with Crippen LogP contribution in [-0.4, -0.2) is 46.7 Å². The number of likely N-dealkylation sites (N-methyl/N-ethyl adjacent to an activating group) is 2. The van der Waals surface area contributed by atoms with Crippen LogP contribution in [0.4, 0.5) is 0 Å². The Balaban J connectivity index is 2.83. The third-order valence-corrected chi connectivity index (χ3v) is 4.79. The molecule has 116 valence electrons. The molecule has 1 rings (SSSR count). The summed E-state index contributed by atoms with van der Waals surface area (Å²) in [4.78, 5) is 6.85. The van der Waals surface area contributed by atoms with Crippen LogP contribution < -0.4 is 5.32 Å². The monoisotopic (exact) mass is 280 g/mol. The van der Waals surface area contributed by atoms with Crippen LogP contribution in [0.25, 0.3) is 0 Å². The lowest BCUT2D eigenvalue weighted by Gasteiger charge is -2.45. The maximum Gasteiger partial charge on any atom is 0.108 e. The topological polar surface area (TPSA) is 33.1 Å². The van der Waals surface area contributed by atoms with Crippen molar-refractivity contribution in [3.63, 3.8) is 0 Å². The number of nitrogens with zero attached hydrogens (tertiary/aromatic N) is 3. The van der Waals surface area contributed by atoms with Crippen LogP contribution >= 0.6 is 0 Å². The van der Waals surface area contributed by atoms with Gasteiger partial charge in [-0.15, -0.1) is 0 Å². The van der Waals surface area contributed by atoms with Gasteiger partial charge in [0.1, 0.15) is 5.82 Å².